The van der Waals surface area contributed by atoms with Crippen LogP contribution in [0.15, 0.2) is 29.1 Å². The van der Waals surface area contributed by atoms with Crippen molar-refractivity contribution in [2.75, 3.05) is 5.73 Å². The molecule has 0 saturated heterocycles. The van der Waals surface area contributed by atoms with Gasteiger partial charge in [0.15, 0.2) is 11.6 Å². The number of hydrogen-bond donors (Lipinski definition) is 2. The molecule has 0 aliphatic heterocycles. The number of hydrogen-bond acceptors (Lipinski definition) is 4. The Hall–Kier alpha value is -2.22. The molecule has 0 spiro atoms. The molecule has 1 aromatic carbocycles. The second kappa shape index (κ2) is 4.71. The summed E-state index contributed by atoms with van der Waals surface area (Å²) >= 11 is 5.77. The Morgan fingerprint density at radius 1 is 1.30 bits per heavy atom. The Kier molecular flexibility index (Phi) is 3.34. The van der Waals surface area contributed by atoms with Crippen LogP contribution in [-0.4, -0.2) is 14.9 Å². The highest BCUT2D eigenvalue weighted by atomic mass is 35.5. The van der Waals surface area contributed by atoms with E-state index in [0.717, 1.165) is 18.2 Å². The molecular weight excluding hydrogens is 299 g/mol. The summed E-state index contributed by atoms with van der Waals surface area (Å²) in [6.45, 7) is 0. The molecular formula is C11H7ClF3N3O2. The average molecular weight is 306 g/mol. The van der Waals surface area contributed by atoms with Crippen molar-refractivity contribution < 1.29 is 18.3 Å². The second-order valence-corrected chi connectivity index (χ2v) is 4.24. The lowest BCUT2D eigenvalue weighted by molar-refractivity contribution is -0.137. The van der Waals surface area contributed by atoms with Gasteiger partial charge in [-0.05, 0) is 18.2 Å². The van der Waals surface area contributed by atoms with Crippen LogP contribution >= 0.6 is 11.6 Å². The summed E-state index contributed by atoms with van der Waals surface area (Å²) in [5, 5.41) is 12.6. The van der Waals surface area contributed by atoms with Crippen molar-refractivity contribution in [2.45, 2.75) is 6.18 Å². The van der Waals surface area contributed by atoms with Crippen molar-refractivity contribution >= 4 is 17.4 Å². The summed E-state index contributed by atoms with van der Waals surface area (Å²) in [5.41, 5.74) is 3.18. The summed E-state index contributed by atoms with van der Waals surface area (Å²) in [6, 6.07) is 3.18. The van der Waals surface area contributed by atoms with E-state index in [4.69, 9.17) is 17.3 Å². The highest BCUT2D eigenvalue weighted by Crippen LogP contribution is 2.32. The van der Waals surface area contributed by atoms with Crippen molar-refractivity contribution in [3.63, 3.8) is 0 Å². The van der Waals surface area contributed by atoms with Crippen molar-refractivity contribution in [3.8, 4) is 11.4 Å². The first-order valence-corrected chi connectivity index (χ1v) is 5.54. The molecule has 0 radical (unpaired) electrons. The van der Waals surface area contributed by atoms with E-state index in [-0.39, 0.29) is 10.7 Å². The van der Waals surface area contributed by atoms with E-state index < -0.39 is 28.9 Å². The Bertz CT molecular complexity index is 728. The van der Waals surface area contributed by atoms with E-state index in [0.29, 0.717) is 10.7 Å². The van der Waals surface area contributed by atoms with Gasteiger partial charge in [-0.1, -0.05) is 11.6 Å². The van der Waals surface area contributed by atoms with E-state index >= 15 is 0 Å². The fourth-order valence-corrected chi connectivity index (χ4v) is 1.68. The normalized spacial score (nSPS) is 11.6. The predicted octanol–water partition coefficient (Wildman–Crippen LogP) is 2.19. The van der Waals surface area contributed by atoms with Gasteiger partial charge in [-0.3, -0.25) is 4.79 Å². The molecule has 0 bridgehead atoms. The van der Waals surface area contributed by atoms with Gasteiger partial charge in [-0.15, -0.1) is 5.10 Å². The Balaban J connectivity index is 2.70. The lowest BCUT2D eigenvalue weighted by atomic mass is 10.2. The molecule has 0 aliphatic rings. The van der Waals surface area contributed by atoms with E-state index in [1.807, 2.05) is 0 Å². The third-order valence-electron chi connectivity index (χ3n) is 2.44. The van der Waals surface area contributed by atoms with Gasteiger partial charge in [-0.25, -0.2) is 0 Å². The number of halogens is 4. The Labute approximate surface area is 115 Å². The zero-order chi connectivity index (χ0) is 15.1. The minimum Gasteiger partial charge on any atom is -0.504 e. The van der Waals surface area contributed by atoms with Gasteiger partial charge in [0.2, 0.25) is 0 Å². The van der Waals surface area contributed by atoms with Crippen LogP contribution in [0.1, 0.15) is 5.56 Å². The molecule has 2 aromatic rings. The number of anilines is 1. The fourth-order valence-electron chi connectivity index (χ4n) is 1.48. The van der Waals surface area contributed by atoms with Gasteiger partial charge in [-0.2, -0.15) is 17.9 Å². The first-order chi connectivity index (χ1) is 9.20. The number of nitrogen functional groups attached to an aromatic ring is 1. The number of alkyl halides is 3. The van der Waals surface area contributed by atoms with Crippen LogP contribution in [0.2, 0.25) is 5.02 Å². The topological polar surface area (TPSA) is 81.1 Å². The van der Waals surface area contributed by atoms with Gasteiger partial charge in [0, 0.05) is 0 Å². The van der Waals surface area contributed by atoms with Gasteiger partial charge in [0.05, 0.1) is 22.3 Å². The van der Waals surface area contributed by atoms with Crippen LogP contribution < -0.4 is 11.3 Å². The predicted molar refractivity (Wildman–Crippen MR) is 65.9 cm³/mol. The van der Waals surface area contributed by atoms with Crippen LogP contribution in [0.4, 0.5) is 19.0 Å². The molecule has 1 heterocycles. The zero-order valence-corrected chi connectivity index (χ0v) is 10.4. The lowest BCUT2D eigenvalue weighted by Crippen LogP contribution is -2.22. The van der Waals surface area contributed by atoms with Crippen molar-refractivity contribution in [2.24, 2.45) is 0 Å². The van der Waals surface area contributed by atoms with Crippen molar-refractivity contribution in [1.82, 2.24) is 9.78 Å². The molecule has 0 saturated carbocycles. The number of nitrogens with two attached hydrogens (primary N) is 1. The van der Waals surface area contributed by atoms with Crippen LogP contribution in [0.5, 0.6) is 5.75 Å². The van der Waals surface area contributed by atoms with Crippen molar-refractivity contribution in [1.29, 1.82) is 0 Å². The molecule has 1 aromatic heterocycles. The molecule has 0 unspecified atom stereocenters. The zero-order valence-electron chi connectivity index (χ0n) is 9.65. The third-order valence-corrected chi connectivity index (χ3v) is 2.76. The molecule has 0 fully saturated rings. The number of benzene rings is 1. The summed E-state index contributed by atoms with van der Waals surface area (Å²) in [6.07, 6.45) is -4.59. The van der Waals surface area contributed by atoms with E-state index in [9.17, 15) is 23.1 Å². The van der Waals surface area contributed by atoms with E-state index in [1.54, 1.807) is 0 Å². The largest absolute Gasteiger partial charge is 0.504 e. The molecule has 0 amide bonds. The highest BCUT2D eigenvalue weighted by Gasteiger charge is 2.31. The molecule has 0 atom stereocenters. The number of nitrogens with zero attached hydrogens (tertiary/aromatic N) is 2. The van der Waals surface area contributed by atoms with E-state index in [1.165, 1.54) is 0 Å². The van der Waals surface area contributed by atoms with Crippen LogP contribution in [-0.2, 0) is 6.18 Å². The monoisotopic (exact) mass is 305 g/mol. The third kappa shape index (κ3) is 2.55. The molecule has 3 N–H and O–H groups in total. The van der Waals surface area contributed by atoms with Crippen LogP contribution in [0.25, 0.3) is 5.69 Å². The number of rotatable bonds is 1. The Morgan fingerprint density at radius 2 is 1.95 bits per heavy atom. The second-order valence-electron chi connectivity index (χ2n) is 3.83. The first-order valence-electron chi connectivity index (χ1n) is 5.16. The molecule has 9 heteroatoms. The van der Waals surface area contributed by atoms with Crippen molar-refractivity contribution in [3.05, 3.63) is 45.2 Å². The molecule has 106 valence electrons. The van der Waals surface area contributed by atoms with Gasteiger partial charge < -0.3 is 10.8 Å². The quantitative estimate of drug-likeness (QED) is 0.846. The summed E-state index contributed by atoms with van der Waals surface area (Å²) in [5.74, 6) is -0.965. The van der Waals surface area contributed by atoms with Gasteiger partial charge in [0.1, 0.15) is 0 Å². The molecule has 2 rings (SSSR count). The summed E-state index contributed by atoms with van der Waals surface area (Å²) in [4.78, 5) is 11.7. The standard InChI is InChI=1S/C11H7ClF3N3O2/c12-6-2-1-5(11(13,14)15)3-7(6)18-9(20)4-8(19)10(16)17-18/h1-4,19H,(H2,16,17). The lowest BCUT2D eigenvalue weighted by Gasteiger charge is -2.12. The highest BCUT2D eigenvalue weighted by molar-refractivity contribution is 6.32. The minimum absolute atomic E-state index is 0.113. The maximum absolute atomic E-state index is 12.6. The molecule has 20 heavy (non-hydrogen) atoms. The maximum Gasteiger partial charge on any atom is 0.416 e. The Morgan fingerprint density at radius 3 is 2.55 bits per heavy atom. The van der Waals surface area contributed by atoms with Crippen LogP contribution in [0, 0.1) is 0 Å². The minimum atomic E-state index is -4.59. The summed E-state index contributed by atoms with van der Waals surface area (Å²) < 4.78 is 38.5. The maximum atomic E-state index is 12.6. The first kappa shape index (κ1) is 14.2. The van der Waals surface area contributed by atoms with Gasteiger partial charge in [0.25, 0.3) is 5.56 Å². The summed E-state index contributed by atoms with van der Waals surface area (Å²) in [7, 11) is 0. The molecule has 0 aliphatic carbocycles. The average Bonchev–Trinajstić information content (AvgIpc) is 2.33. The van der Waals surface area contributed by atoms with Gasteiger partial charge >= 0.3 is 6.18 Å². The number of aromatic nitrogens is 2. The van der Waals surface area contributed by atoms with Crippen LogP contribution in [0.3, 0.4) is 0 Å². The number of aromatic hydroxyl groups is 1. The van der Waals surface area contributed by atoms with E-state index in [2.05, 4.69) is 5.10 Å². The fraction of sp³-hybridized carbons (Fsp3) is 0.0909. The smallest absolute Gasteiger partial charge is 0.416 e. The molecule has 5 nitrogen and oxygen atoms in total. The SMILES string of the molecule is Nc1nn(-c2cc(C(F)(F)F)ccc2Cl)c(=O)cc1O.